The van der Waals surface area contributed by atoms with Crippen LogP contribution in [-0.2, 0) is 6.54 Å². The van der Waals surface area contributed by atoms with Crippen LogP contribution in [0.2, 0.25) is 0 Å². The fourth-order valence-electron chi connectivity index (χ4n) is 1.83. The Balaban J connectivity index is 1.96. The Hall–Kier alpha value is -2.10. The Morgan fingerprint density at radius 2 is 1.90 bits per heavy atom. The summed E-state index contributed by atoms with van der Waals surface area (Å²) in [6.07, 6.45) is 1.77. The van der Waals surface area contributed by atoms with E-state index in [-0.39, 0.29) is 0 Å². The smallest absolute Gasteiger partial charge is 0.224 e. The average Bonchev–Trinajstić information content (AvgIpc) is 2.45. The molecule has 0 amide bonds. The Morgan fingerprint density at radius 1 is 1.10 bits per heavy atom. The SMILES string of the molecule is Cc1ccccc1CNc1nccc(NCC(C)C)n1. The van der Waals surface area contributed by atoms with Crippen LogP contribution in [0.4, 0.5) is 11.8 Å². The molecule has 0 atom stereocenters. The summed E-state index contributed by atoms with van der Waals surface area (Å²) in [5.41, 5.74) is 2.53. The van der Waals surface area contributed by atoms with Gasteiger partial charge in [-0.1, -0.05) is 38.1 Å². The molecule has 0 saturated carbocycles. The van der Waals surface area contributed by atoms with E-state index in [4.69, 9.17) is 0 Å². The van der Waals surface area contributed by atoms with Crippen molar-refractivity contribution in [3.05, 3.63) is 47.7 Å². The Kier molecular flexibility index (Phi) is 4.93. The maximum Gasteiger partial charge on any atom is 0.224 e. The second-order valence-electron chi connectivity index (χ2n) is 5.32. The number of rotatable bonds is 6. The molecule has 2 N–H and O–H groups in total. The fourth-order valence-corrected chi connectivity index (χ4v) is 1.83. The number of aromatic nitrogens is 2. The molecule has 0 aliphatic carbocycles. The highest BCUT2D eigenvalue weighted by molar-refractivity contribution is 5.40. The maximum absolute atomic E-state index is 4.46. The first-order valence-electron chi connectivity index (χ1n) is 7.00. The van der Waals surface area contributed by atoms with E-state index < -0.39 is 0 Å². The van der Waals surface area contributed by atoms with Gasteiger partial charge in [-0.15, -0.1) is 0 Å². The first kappa shape index (κ1) is 14.3. The number of benzene rings is 1. The highest BCUT2D eigenvalue weighted by Gasteiger charge is 2.01. The quantitative estimate of drug-likeness (QED) is 0.844. The summed E-state index contributed by atoms with van der Waals surface area (Å²) < 4.78 is 0. The molecule has 0 spiro atoms. The Morgan fingerprint density at radius 3 is 2.65 bits per heavy atom. The molecule has 4 nitrogen and oxygen atoms in total. The van der Waals surface area contributed by atoms with E-state index in [9.17, 15) is 0 Å². The van der Waals surface area contributed by atoms with Crippen molar-refractivity contribution in [1.82, 2.24) is 9.97 Å². The van der Waals surface area contributed by atoms with Gasteiger partial charge in [0.2, 0.25) is 5.95 Å². The van der Waals surface area contributed by atoms with Crippen LogP contribution in [-0.4, -0.2) is 16.5 Å². The molecule has 0 saturated heterocycles. The normalized spacial score (nSPS) is 10.6. The number of hydrogen-bond donors (Lipinski definition) is 2. The number of aryl methyl sites for hydroxylation is 1. The molecule has 1 aromatic heterocycles. The summed E-state index contributed by atoms with van der Waals surface area (Å²) in [5, 5.41) is 6.57. The van der Waals surface area contributed by atoms with Gasteiger partial charge in [0.1, 0.15) is 5.82 Å². The van der Waals surface area contributed by atoms with Crippen molar-refractivity contribution in [2.75, 3.05) is 17.2 Å². The molecule has 1 heterocycles. The third-order valence-corrected chi connectivity index (χ3v) is 3.05. The molecule has 2 aromatic rings. The van der Waals surface area contributed by atoms with Crippen LogP contribution < -0.4 is 10.6 Å². The molecule has 106 valence electrons. The molecule has 0 unspecified atom stereocenters. The minimum Gasteiger partial charge on any atom is -0.370 e. The van der Waals surface area contributed by atoms with Gasteiger partial charge in [-0.05, 0) is 30.0 Å². The van der Waals surface area contributed by atoms with Crippen LogP contribution in [0.1, 0.15) is 25.0 Å². The average molecular weight is 270 g/mol. The van der Waals surface area contributed by atoms with Crippen molar-refractivity contribution in [2.45, 2.75) is 27.3 Å². The lowest BCUT2D eigenvalue weighted by Crippen LogP contribution is -2.11. The van der Waals surface area contributed by atoms with Gasteiger partial charge in [0.25, 0.3) is 0 Å². The summed E-state index contributed by atoms with van der Waals surface area (Å²) in [5.74, 6) is 2.11. The van der Waals surface area contributed by atoms with Gasteiger partial charge in [-0.3, -0.25) is 0 Å². The van der Waals surface area contributed by atoms with Crippen LogP contribution in [0.25, 0.3) is 0 Å². The molecule has 0 radical (unpaired) electrons. The lowest BCUT2D eigenvalue weighted by Gasteiger charge is -2.10. The first-order valence-corrected chi connectivity index (χ1v) is 7.00. The van der Waals surface area contributed by atoms with Crippen LogP contribution in [0, 0.1) is 12.8 Å². The summed E-state index contributed by atoms with van der Waals surface area (Å²) in [6.45, 7) is 8.10. The molecule has 1 aromatic carbocycles. The van der Waals surface area contributed by atoms with E-state index in [2.05, 4.69) is 53.5 Å². The number of nitrogens with zero attached hydrogens (tertiary/aromatic N) is 2. The van der Waals surface area contributed by atoms with Gasteiger partial charge in [0, 0.05) is 19.3 Å². The topological polar surface area (TPSA) is 49.8 Å². The van der Waals surface area contributed by atoms with Crippen molar-refractivity contribution >= 4 is 11.8 Å². The minimum atomic E-state index is 0.591. The summed E-state index contributed by atoms with van der Waals surface area (Å²) in [4.78, 5) is 8.71. The largest absolute Gasteiger partial charge is 0.370 e. The Bertz CT molecular complexity index is 552. The molecule has 0 fully saturated rings. The lowest BCUT2D eigenvalue weighted by atomic mass is 10.1. The minimum absolute atomic E-state index is 0.591. The van der Waals surface area contributed by atoms with Crippen molar-refractivity contribution in [1.29, 1.82) is 0 Å². The second-order valence-corrected chi connectivity index (χ2v) is 5.32. The molecule has 0 bridgehead atoms. The predicted octanol–water partition coefficient (Wildman–Crippen LogP) is 3.47. The van der Waals surface area contributed by atoms with Gasteiger partial charge in [-0.25, -0.2) is 4.98 Å². The second kappa shape index (κ2) is 6.89. The van der Waals surface area contributed by atoms with Crippen molar-refractivity contribution in [3.8, 4) is 0 Å². The third kappa shape index (κ3) is 4.23. The van der Waals surface area contributed by atoms with Crippen molar-refractivity contribution in [2.24, 2.45) is 5.92 Å². The fraction of sp³-hybridized carbons (Fsp3) is 0.375. The van der Waals surface area contributed by atoms with Crippen LogP contribution in [0.3, 0.4) is 0 Å². The van der Waals surface area contributed by atoms with E-state index in [1.54, 1.807) is 6.20 Å². The zero-order valence-electron chi connectivity index (χ0n) is 12.4. The number of anilines is 2. The van der Waals surface area contributed by atoms with Gasteiger partial charge >= 0.3 is 0 Å². The molecular weight excluding hydrogens is 248 g/mol. The number of nitrogens with one attached hydrogen (secondary N) is 2. The molecule has 0 aliphatic rings. The van der Waals surface area contributed by atoms with E-state index in [0.29, 0.717) is 11.9 Å². The van der Waals surface area contributed by atoms with Crippen molar-refractivity contribution < 1.29 is 0 Å². The van der Waals surface area contributed by atoms with E-state index in [1.807, 2.05) is 18.2 Å². The molecular formula is C16H22N4. The zero-order valence-corrected chi connectivity index (χ0v) is 12.4. The molecule has 4 heteroatoms. The highest BCUT2D eigenvalue weighted by atomic mass is 15.1. The lowest BCUT2D eigenvalue weighted by molar-refractivity contribution is 0.687. The van der Waals surface area contributed by atoms with E-state index >= 15 is 0 Å². The monoisotopic (exact) mass is 270 g/mol. The number of hydrogen-bond acceptors (Lipinski definition) is 4. The van der Waals surface area contributed by atoms with Crippen LogP contribution >= 0.6 is 0 Å². The van der Waals surface area contributed by atoms with Crippen LogP contribution in [0.15, 0.2) is 36.5 Å². The van der Waals surface area contributed by atoms with Gasteiger partial charge in [0.15, 0.2) is 0 Å². The highest BCUT2D eigenvalue weighted by Crippen LogP contribution is 2.11. The van der Waals surface area contributed by atoms with Gasteiger partial charge < -0.3 is 10.6 Å². The molecule has 2 rings (SSSR count). The predicted molar refractivity (Wildman–Crippen MR) is 83.9 cm³/mol. The van der Waals surface area contributed by atoms with Crippen LogP contribution in [0.5, 0.6) is 0 Å². The molecule has 0 aliphatic heterocycles. The summed E-state index contributed by atoms with van der Waals surface area (Å²) >= 11 is 0. The van der Waals surface area contributed by atoms with E-state index in [1.165, 1.54) is 11.1 Å². The summed E-state index contributed by atoms with van der Waals surface area (Å²) in [6, 6.07) is 10.2. The first-order chi connectivity index (χ1) is 9.65. The summed E-state index contributed by atoms with van der Waals surface area (Å²) in [7, 11) is 0. The van der Waals surface area contributed by atoms with E-state index in [0.717, 1.165) is 18.9 Å². The maximum atomic E-state index is 4.46. The Labute approximate surface area is 120 Å². The van der Waals surface area contributed by atoms with Gasteiger partial charge in [0.05, 0.1) is 0 Å². The third-order valence-electron chi connectivity index (χ3n) is 3.05. The molecule has 20 heavy (non-hydrogen) atoms. The standard InChI is InChI=1S/C16H22N4/c1-12(2)10-18-15-8-9-17-16(20-15)19-11-14-7-5-4-6-13(14)3/h4-9,12H,10-11H2,1-3H3,(H2,17,18,19,20). The van der Waals surface area contributed by atoms with Crippen molar-refractivity contribution in [3.63, 3.8) is 0 Å². The zero-order chi connectivity index (χ0) is 14.4. The van der Waals surface area contributed by atoms with Gasteiger partial charge in [-0.2, -0.15) is 4.98 Å².